The van der Waals surface area contributed by atoms with Crippen LogP contribution in [0.15, 0.2) is 46.3 Å². The summed E-state index contributed by atoms with van der Waals surface area (Å²) in [5.41, 5.74) is 9.45. The van der Waals surface area contributed by atoms with Crippen molar-refractivity contribution >= 4 is 18.1 Å². The van der Waals surface area contributed by atoms with Crippen molar-refractivity contribution in [1.82, 2.24) is 10.3 Å². The van der Waals surface area contributed by atoms with Crippen molar-refractivity contribution in [2.45, 2.75) is 58.3 Å². The van der Waals surface area contributed by atoms with Crippen molar-refractivity contribution in [1.29, 1.82) is 0 Å². The number of guanidine groups is 1. The number of carbonyl (C=O) groups excluding carboxylic acids is 1. The Morgan fingerprint density at radius 1 is 1.07 bits per heavy atom. The van der Waals surface area contributed by atoms with Gasteiger partial charge in [-0.2, -0.15) is 0 Å². The molecule has 28 heavy (non-hydrogen) atoms. The Kier molecular flexibility index (Phi) is 7.99. The lowest BCUT2D eigenvalue weighted by atomic mass is 9.84. The number of amides is 1. The van der Waals surface area contributed by atoms with Crippen molar-refractivity contribution in [2.24, 2.45) is 10.7 Å². The van der Waals surface area contributed by atoms with Gasteiger partial charge in [-0.3, -0.25) is 14.9 Å². The molecule has 1 aromatic carbocycles. The molecule has 4 N–H and O–H groups in total. The number of aliphatic imine (C=N–C) groups is 1. The summed E-state index contributed by atoms with van der Waals surface area (Å²) in [6.07, 6.45) is 10.6. The summed E-state index contributed by atoms with van der Waals surface area (Å²) in [5.74, 6) is 0.482. The van der Waals surface area contributed by atoms with E-state index in [0.29, 0.717) is 12.3 Å². The number of H-pyrrole nitrogens is 1. The van der Waals surface area contributed by atoms with Crippen molar-refractivity contribution in [3.8, 4) is 11.1 Å². The molecule has 3 rings (SSSR count). The number of hydrogen-bond donors (Lipinski definition) is 3. The molecule has 0 aliphatic heterocycles. The number of nitrogens with two attached hydrogens (primary N) is 1. The number of carbonyl (C=O) groups is 1. The molecule has 2 aromatic rings. The zero-order chi connectivity index (χ0) is 19.1. The van der Waals surface area contributed by atoms with Gasteiger partial charge in [-0.05, 0) is 53.6 Å². The van der Waals surface area contributed by atoms with Crippen LogP contribution in [0.4, 0.5) is 5.69 Å². The molecular formula is C22H30N4O2. The molecule has 6 nitrogen and oxygen atoms in total. The second-order valence-corrected chi connectivity index (χ2v) is 7.02. The second kappa shape index (κ2) is 10.4. The van der Waals surface area contributed by atoms with Crippen molar-refractivity contribution < 1.29 is 4.79 Å². The Bertz CT molecular complexity index is 865. The minimum absolute atomic E-state index is 0. The predicted octanol–water partition coefficient (Wildman–Crippen LogP) is 4.20. The maximum atomic E-state index is 11.7. The number of aromatic amines is 1. The van der Waals surface area contributed by atoms with Gasteiger partial charge in [0.25, 0.3) is 0 Å². The number of pyridine rings is 1. The highest BCUT2D eigenvalue weighted by Crippen LogP contribution is 2.38. The molecule has 1 amide bonds. The Morgan fingerprint density at radius 3 is 2.43 bits per heavy atom. The molecule has 0 bridgehead atoms. The first-order valence-corrected chi connectivity index (χ1v) is 9.55. The fourth-order valence-corrected chi connectivity index (χ4v) is 3.78. The summed E-state index contributed by atoms with van der Waals surface area (Å²) in [7, 11) is 0. The van der Waals surface area contributed by atoms with Crippen LogP contribution in [0.25, 0.3) is 11.1 Å². The number of rotatable bonds is 4. The number of hydrogen-bond acceptors (Lipinski definition) is 3. The van der Waals surface area contributed by atoms with Crippen molar-refractivity contribution in [3.63, 3.8) is 0 Å². The molecule has 1 aliphatic carbocycles. The van der Waals surface area contributed by atoms with Gasteiger partial charge in [-0.15, -0.1) is 0 Å². The van der Waals surface area contributed by atoms with Crippen LogP contribution in [0, 0.1) is 0 Å². The fraction of sp³-hybridized carbons (Fsp3) is 0.409. The number of nitrogens with zero attached hydrogens (tertiary/aromatic N) is 1. The van der Waals surface area contributed by atoms with Crippen LogP contribution in [0.2, 0.25) is 0 Å². The van der Waals surface area contributed by atoms with Gasteiger partial charge in [0.2, 0.25) is 12.0 Å². The van der Waals surface area contributed by atoms with Gasteiger partial charge in [0, 0.05) is 12.3 Å². The predicted molar refractivity (Wildman–Crippen MR) is 115 cm³/mol. The van der Waals surface area contributed by atoms with Crippen LogP contribution in [0.3, 0.4) is 0 Å². The molecule has 0 saturated heterocycles. The van der Waals surface area contributed by atoms with Gasteiger partial charge in [-0.25, -0.2) is 4.99 Å². The Hall–Kier alpha value is -2.89. The molecule has 1 aromatic heterocycles. The molecule has 0 radical (unpaired) electrons. The first-order valence-electron chi connectivity index (χ1n) is 9.55. The highest BCUT2D eigenvalue weighted by atomic mass is 16.1. The zero-order valence-electron chi connectivity index (χ0n) is 15.4. The number of aromatic nitrogens is 1. The number of nitrogens with one attached hydrogen (secondary N) is 2. The molecule has 150 valence electrons. The van der Waals surface area contributed by atoms with Gasteiger partial charge < -0.3 is 10.7 Å². The lowest BCUT2D eigenvalue weighted by molar-refractivity contribution is -0.108. The van der Waals surface area contributed by atoms with Crippen molar-refractivity contribution in [2.75, 3.05) is 0 Å². The van der Waals surface area contributed by atoms with E-state index in [1.807, 2.05) is 18.2 Å². The van der Waals surface area contributed by atoms with Gasteiger partial charge in [0.1, 0.15) is 0 Å². The van der Waals surface area contributed by atoms with Gasteiger partial charge in [-0.1, -0.05) is 45.6 Å². The first kappa shape index (κ1) is 21.4. The van der Waals surface area contributed by atoms with E-state index in [4.69, 9.17) is 5.73 Å². The first-order chi connectivity index (χ1) is 13.2. The average Bonchev–Trinajstić information content (AvgIpc) is 2.62. The Morgan fingerprint density at radius 2 is 1.75 bits per heavy atom. The van der Waals surface area contributed by atoms with Crippen molar-refractivity contribution in [3.05, 3.63) is 52.4 Å². The molecule has 0 spiro atoms. The zero-order valence-corrected chi connectivity index (χ0v) is 15.4. The molecule has 6 heteroatoms. The third-order valence-electron chi connectivity index (χ3n) is 5.13. The van der Waals surface area contributed by atoms with E-state index in [2.05, 4.69) is 21.4 Å². The van der Waals surface area contributed by atoms with Crippen LogP contribution in [-0.4, -0.2) is 17.4 Å². The standard InChI is InChI=1S/C21H26N4O2.CH4/c22-21(24-14-26)25-19-9-8-16(17-10-11-23-20(27)13-17)12-18(19)15-6-4-2-1-3-5-7-15;/h8-15H,1-7H2,(H,23,27)(H3,22,24,25,26);1H4. The average molecular weight is 383 g/mol. The maximum Gasteiger partial charge on any atom is 0.248 e. The van der Waals surface area contributed by atoms with Crippen LogP contribution in [0.5, 0.6) is 0 Å². The molecule has 0 unspecified atom stereocenters. The summed E-state index contributed by atoms with van der Waals surface area (Å²) in [5, 5.41) is 2.40. The second-order valence-electron chi connectivity index (χ2n) is 7.02. The van der Waals surface area contributed by atoms with Crippen LogP contribution < -0.4 is 16.6 Å². The van der Waals surface area contributed by atoms with Crippen LogP contribution in [0.1, 0.15) is 63.9 Å². The molecule has 1 heterocycles. The third kappa shape index (κ3) is 5.55. The summed E-state index contributed by atoms with van der Waals surface area (Å²) >= 11 is 0. The van der Waals surface area contributed by atoms with E-state index >= 15 is 0 Å². The third-order valence-corrected chi connectivity index (χ3v) is 5.13. The smallest absolute Gasteiger partial charge is 0.248 e. The van der Waals surface area contributed by atoms with Crippen LogP contribution in [-0.2, 0) is 4.79 Å². The largest absolute Gasteiger partial charge is 0.369 e. The van der Waals surface area contributed by atoms with Gasteiger partial charge in [0.15, 0.2) is 5.96 Å². The normalized spacial score (nSPS) is 15.8. The quantitative estimate of drug-likeness (QED) is 0.420. The van der Waals surface area contributed by atoms with E-state index in [1.165, 1.54) is 32.1 Å². The van der Waals surface area contributed by atoms with Gasteiger partial charge in [0.05, 0.1) is 5.69 Å². The Balaban J connectivity index is 0.00000280. The molecular weight excluding hydrogens is 352 g/mol. The minimum Gasteiger partial charge on any atom is -0.369 e. The van der Waals surface area contributed by atoms with E-state index in [1.54, 1.807) is 12.3 Å². The summed E-state index contributed by atoms with van der Waals surface area (Å²) in [6.45, 7) is 0. The van der Waals surface area contributed by atoms with E-state index in [0.717, 1.165) is 35.2 Å². The SMILES string of the molecule is C.NC(=Nc1ccc(-c2cc[nH]c(=O)c2)cc1C1CCCCCCC1)NC=O. The highest BCUT2D eigenvalue weighted by molar-refractivity contribution is 5.89. The summed E-state index contributed by atoms with van der Waals surface area (Å²) in [4.78, 5) is 29.4. The van der Waals surface area contributed by atoms with E-state index in [9.17, 15) is 9.59 Å². The molecule has 1 aliphatic rings. The summed E-state index contributed by atoms with van der Waals surface area (Å²) in [6, 6.07) is 9.47. The van der Waals surface area contributed by atoms with Gasteiger partial charge >= 0.3 is 0 Å². The number of benzene rings is 1. The highest BCUT2D eigenvalue weighted by Gasteiger charge is 2.18. The maximum absolute atomic E-state index is 11.7. The fourth-order valence-electron chi connectivity index (χ4n) is 3.78. The van der Waals surface area contributed by atoms with Crippen LogP contribution >= 0.6 is 0 Å². The molecule has 1 fully saturated rings. The lowest BCUT2D eigenvalue weighted by Gasteiger charge is -2.22. The lowest BCUT2D eigenvalue weighted by Crippen LogP contribution is -2.29. The molecule has 0 atom stereocenters. The van der Waals surface area contributed by atoms with E-state index in [-0.39, 0.29) is 18.9 Å². The summed E-state index contributed by atoms with van der Waals surface area (Å²) < 4.78 is 0. The minimum atomic E-state index is -0.124. The topological polar surface area (TPSA) is 100 Å². The van der Waals surface area contributed by atoms with E-state index < -0.39 is 0 Å². The molecule has 1 saturated carbocycles. The monoisotopic (exact) mass is 382 g/mol. The Labute approximate surface area is 166 Å².